The van der Waals surface area contributed by atoms with Crippen LogP contribution in [0.4, 0.5) is 0 Å². The molecule has 0 spiro atoms. The molecule has 0 aliphatic rings. The minimum absolute atomic E-state index is 0.0666. The van der Waals surface area contributed by atoms with Crippen molar-refractivity contribution in [3.05, 3.63) is 59.0 Å². The SMILES string of the molecule is Cc1ccc(C(=O)c2ccc(C)o2)cc1. The third-order valence-electron chi connectivity index (χ3n) is 2.28. The predicted octanol–water partition coefficient (Wildman–Crippen LogP) is 3.13. The molecule has 0 bridgehead atoms. The lowest BCUT2D eigenvalue weighted by atomic mass is 10.1. The molecule has 76 valence electrons. The van der Waals surface area contributed by atoms with Gasteiger partial charge in [-0.3, -0.25) is 4.79 Å². The molecule has 0 atom stereocenters. The van der Waals surface area contributed by atoms with Crippen LogP contribution in [0.25, 0.3) is 0 Å². The number of hydrogen-bond donors (Lipinski definition) is 0. The van der Waals surface area contributed by atoms with E-state index in [2.05, 4.69) is 0 Å². The summed E-state index contributed by atoms with van der Waals surface area (Å²) in [6.07, 6.45) is 0. The molecule has 2 rings (SSSR count). The molecule has 0 aliphatic carbocycles. The van der Waals surface area contributed by atoms with E-state index in [0.717, 1.165) is 11.3 Å². The normalized spacial score (nSPS) is 10.3. The first-order chi connectivity index (χ1) is 7.16. The third-order valence-corrected chi connectivity index (χ3v) is 2.28. The highest BCUT2D eigenvalue weighted by molar-refractivity contribution is 6.07. The zero-order chi connectivity index (χ0) is 10.8. The van der Waals surface area contributed by atoms with Crippen LogP contribution in [0.5, 0.6) is 0 Å². The van der Waals surface area contributed by atoms with Crippen molar-refractivity contribution in [1.82, 2.24) is 0 Å². The van der Waals surface area contributed by atoms with Crippen LogP contribution in [0.15, 0.2) is 40.8 Å². The van der Waals surface area contributed by atoms with Gasteiger partial charge in [0.1, 0.15) is 5.76 Å². The van der Waals surface area contributed by atoms with Crippen LogP contribution in [0.3, 0.4) is 0 Å². The number of ketones is 1. The summed E-state index contributed by atoms with van der Waals surface area (Å²) in [6.45, 7) is 3.82. The van der Waals surface area contributed by atoms with E-state index >= 15 is 0 Å². The van der Waals surface area contributed by atoms with Gasteiger partial charge in [0.15, 0.2) is 5.76 Å². The maximum Gasteiger partial charge on any atom is 0.228 e. The van der Waals surface area contributed by atoms with Crippen molar-refractivity contribution in [2.45, 2.75) is 13.8 Å². The lowest BCUT2D eigenvalue weighted by molar-refractivity contribution is 0.101. The molecule has 0 fully saturated rings. The lowest BCUT2D eigenvalue weighted by Gasteiger charge is -1.98. The van der Waals surface area contributed by atoms with Crippen LogP contribution < -0.4 is 0 Å². The summed E-state index contributed by atoms with van der Waals surface area (Å²) < 4.78 is 5.28. The molecule has 0 aliphatic heterocycles. The molecule has 0 N–H and O–H groups in total. The summed E-state index contributed by atoms with van der Waals surface area (Å²) in [4.78, 5) is 11.9. The highest BCUT2D eigenvalue weighted by Gasteiger charge is 2.11. The Morgan fingerprint density at radius 3 is 2.20 bits per heavy atom. The van der Waals surface area contributed by atoms with E-state index < -0.39 is 0 Å². The second-order valence-corrected chi connectivity index (χ2v) is 3.61. The molecule has 2 nitrogen and oxygen atoms in total. The summed E-state index contributed by atoms with van der Waals surface area (Å²) >= 11 is 0. The summed E-state index contributed by atoms with van der Waals surface area (Å²) in [6, 6.07) is 11.0. The molecule has 1 heterocycles. The van der Waals surface area contributed by atoms with Crippen LogP contribution >= 0.6 is 0 Å². The number of aryl methyl sites for hydroxylation is 2. The minimum Gasteiger partial charge on any atom is -0.458 e. The van der Waals surface area contributed by atoms with Gasteiger partial charge in [0.2, 0.25) is 5.78 Å². The Bertz CT molecular complexity index is 477. The second kappa shape index (κ2) is 3.73. The Morgan fingerprint density at radius 1 is 1.00 bits per heavy atom. The number of rotatable bonds is 2. The summed E-state index contributed by atoms with van der Waals surface area (Å²) in [5, 5.41) is 0. The van der Waals surface area contributed by atoms with Crippen LogP contribution in [0.2, 0.25) is 0 Å². The van der Waals surface area contributed by atoms with Crippen molar-refractivity contribution in [2.24, 2.45) is 0 Å². The standard InChI is InChI=1S/C13H12O2/c1-9-3-6-11(7-4-9)13(14)12-8-5-10(2)15-12/h3-8H,1-2H3. The molecule has 0 radical (unpaired) electrons. The Hall–Kier alpha value is -1.83. The smallest absolute Gasteiger partial charge is 0.228 e. The molecule has 1 aromatic carbocycles. The maximum atomic E-state index is 11.9. The Balaban J connectivity index is 2.32. The molecule has 0 saturated heterocycles. The third kappa shape index (κ3) is 1.99. The van der Waals surface area contributed by atoms with Gasteiger partial charge in [-0.1, -0.05) is 29.8 Å². The summed E-state index contributed by atoms with van der Waals surface area (Å²) in [5.41, 5.74) is 1.80. The van der Waals surface area contributed by atoms with Crippen molar-refractivity contribution < 1.29 is 9.21 Å². The van der Waals surface area contributed by atoms with Crippen LogP contribution in [-0.4, -0.2) is 5.78 Å². The van der Waals surface area contributed by atoms with Crippen molar-refractivity contribution in [1.29, 1.82) is 0 Å². The first kappa shape index (κ1) is 9.71. The number of furan rings is 1. The molecule has 2 heteroatoms. The number of carbonyl (C=O) groups excluding carboxylic acids is 1. The Labute approximate surface area is 88.5 Å². The van der Waals surface area contributed by atoms with Gasteiger partial charge < -0.3 is 4.42 Å². The fraction of sp³-hybridized carbons (Fsp3) is 0.154. The van der Waals surface area contributed by atoms with Gasteiger partial charge in [0.05, 0.1) is 0 Å². The molecule has 2 aromatic rings. The minimum atomic E-state index is -0.0666. The molecule has 15 heavy (non-hydrogen) atoms. The number of hydrogen-bond acceptors (Lipinski definition) is 2. The van der Waals surface area contributed by atoms with Gasteiger partial charge in [0, 0.05) is 5.56 Å². The van der Waals surface area contributed by atoms with E-state index in [1.165, 1.54) is 0 Å². The average molecular weight is 200 g/mol. The fourth-order valence-electron chi connectivity index (χ4n) is 1.40. The molecule has 1 aromatic heterocycles. The van der Waals surface area contributed by atoms with E-state index in [0.29, 0.717) is 11.3 Å². The average Bonchev–Trinajstić information content (AvgIpc) is 2.65. The van der Waals surface area contributed by atoms with Crippen LogP contribution in [0, 0.1) is 13.8 Å². The van der Waals surface area contributed by atoms with Gasteiger partial charge in [-0.05, 0) is 26.0 Å². The van der Waals surface area contributed by atoms with Crippen molar-refractivity contribution in [2.75, 3.05) is 0 Å². The highest BCUT2D eigenvalue weighted by atomic mass is 16.3. The topological polar surface area (TPSA) is 30.2 Å². The molecule has 0 amide bonds. The summed E-state index contributed by atoms with van der Waals surface area (Å²) in [5.74, 6) is 1.09. The first-order valence-corrected chi connectivity index (χ1v) is 4.84. The van der Waals surface area contributed by atoms with Crippen LogP contribution in [0.1, 0.15) is 27.4 Å². The van der Waals surface area contributed by atoms with Gasteiger partial charge in [-0.2, -0.15) is 0 Å². The van der Waals surface area contributed by atoms with E-state index in [4.69, 9.17) is 4.42 Å². The van der Waals surface area contributed by atoms with Crippen molar-refractivity contribution in [3.63, 3.8) is 0 Å². The monoisotopic (exact) mass is 200 g/mol. The van der Waals surface area contributed by atoms with Gasteiger partial charge in [-0.15, -0.1) is 0 Å². The van der Waals surface area contributed by atoms with E-state index in [1.54, 1.807) is 12.1 Å². The van der Waals surface area contributed by atoms with E-state index in [-0.39, 0.29) is 5.78 Å². The zero-order valence-electron chi connectivity index (χ0n) is 8.78. The molecular weight excluding hydrogens is 188 g/mol. The van der Waals surface area contributed by atoms with E-state index in [9.17, 15) is 4.79 Å². The highest BCUT2D eigenvalue weighted by Crippen LogP contribution is 2.13. The van der Waals surface area contributed by atoms with Crippen molar-refractivity contribution in [3.8, 4) is 0 Å². The quantitative estimate of drug-likeness (QED) is 0.697. The number of carbonyl (C=O) groups is 1. The lowest BCUT2D eigenvalue weighted by Crippen LogP contribution is -1.98. The van der Waals surface area contributed by atoms with Gasteiger partial charge >= 0.3 is 0 Å². The zero-order valence-corrected chi connectivity index (χ0v) is 8.78. The molecular formula is C13H12O2. The fourth-order valence-corrected chi connectivity index (χ4v) is 1.40. The molecule has 0 saturated carbocycles. The van der Waals surface area contributed by atoms with Gasteiger partial charge in [-0.25, -0.2) is 0 Å². The molecule has 0 unspecified atom stereocenters. The van der Waals surface area contributed by atoms with Crippen molar-refractivity contribution >= 4 is 5.78 Å². The number of benzene rings is 1. The second-order valence-electron chi connectivity index (χ2n) is 3.61. The Morgan fingerprint density at radius 2 is 1.67 bits per heavy atom. The first-order valence-electron chi connectivity index (χ1n) is 4.84. The maximum absolute atomic E-state index is 11.9. The van der Waals surface area contributed by atoms with Gasteiger partial charge in [0.25, 0.3) is 0 Å². The largest absolute Gasteiger partial charge is 0.458 e. The Kier molecular flexibility index (Phi) is 2.42. The summed E-state index contributed by atoms with van der Waals surface area (Å²) in [7, 11) is 0. The van der Waals surface area contributed by atoms with E-state index in [1.807, 2.05) is 38.1 Å². The van der Waals surface area contributed by atoms with Crippen LogP contribution in [-0.2, 0) is 0 Å². The predicted molar refractivity (Wildman–Crippen MR) is 58.1 cm³/mol.